The Kier molecular flexibility index (Phi) is 4.21. The van der Waals surface area contributed by atoms with E-state index < -0.39 is 0 Å². The van der Waals surface area contributed by atoms with Crippen LogP contribution in [0.5, 0.6) is 5.75 Å². The molecule has 0 aliphatic heterocycles. The van der Waals surface area contributed by atoms with Crippen LogP contribution < -0.4 is 4.74 Å². The van der Waals surface area contributed by atoms with Gasteiger partial charge in [0.25, 0.3) is 0 Å². The monoisotopic (exact) mass is 340 g/mol. The Morgan fingerprint density at radius 2 is 2.16 bits per heavy atom. The summed E-state index contributed by atoms with van der Waals surface area (Å²) >= 11 is 0. The van der Waals surface area contributed by atoms with E-state index in [0.717, 1.165) is 44.1 Å². The SMILES string of the molecule is COc1ccc2c(c1)CC[C@@H]1[C@@H]2CC[C@]2(C)C(=O)CC(CCC=O)[C@@H]12. The van der Waals surface area contributed by atoms with Gasteiger partial charge in [0.15, 0.2) is 0 Å². The van der Waals surface area contributed by atoms with Crippen molar-refractivity contribution in [2.75, 3.05) is 7.11 Å². The minimum Gasteiger partial charge on any atom is -0.497 e. The lowest BCUT2D eigenvalue weighted by Crippen LogP contribution is -2.44. The molecule has 2 fully saturated rings. The molecule has 4 rings (SSSR count). The third kappa shape index (κ3) is 2.54. The molecular formula is C22H28O3. The van der Waals surface area contributed by atoms with Crippen LogP contribution in [0.2, 0.25) is 0 Å². The van der Waals surface area contributed by atoms with Crippen molar-refractivity contribution >= 4 is 12.1 Å². The number of carbonyl (C=O) groups is 2. The second-order valence-corrected chi connectivity index (χ2v) is 8.49. The minimum atomic E-state index is -0.154. The summed E-state index contributed by atoms with van der Waals surface area (Å²) in [7, 11) is 1.72. The van der Waals surface area contributed by atoms with E-state index in [-0.39, 0.29) is 5.41 Å². The van der Waals surface area contributed by atoms with Gasteiger partial charge in [-0.1, -0.05) is 13.0 Å². The predicted molar refractivity (Wildman–Crippen MR) is 96.8 cm³/mol. The Hall–Kier alpha value is -1.64. The summed E-state index contributed by atoms with van der Waals surface area (Å²) < 4.78 is 5.40. The van der Waals surface area contributed by atoms with Gasteiger partial charge in [-0.3, -0.25) is 4.79 Å². The van der Waals surface area contributed by atoms with Gasteiger partial charge in [-0.05, 0) is 79.0 Å². The number of aryl methyl sites for hydroxylation is 1. The first-order valence-electron chi connectivity index (χ1n) is 9.72. The second-order valence-electron chi connectivity index (χ2n) is 8.49. The van der Waals surface area contributed by atoms with Crippen molar-refractivity contribution in [3.8, 4) is 5.75 Å². The zero-order valence-electron chi connectivity index (χ0n) is 15.3. The average Bonchev–Trinajstić information content (AvgIpc) is 2.89. The van der Waals surface area contributed by atoms with Gasteiger partial charge >= 0.3 is 0 Å². The first-order valence-corrected chi connectivity index (χ1v) is 9.72. The highest BCUT2D eigenvalue weighted by Gasteiger charge is 2.58. The number of benzene rings is 1. The third-order valence-electron chi connectivity index (χ3n) is 7.43. The molecule has 0 radical (unpaired) electrons. The first-order chi connectivity index (χ1) is 12.1. The van der Waals surface area contributed by atoms with Gasteiger partial charge in [0.2, 0.25) is 0 Å². The van der Waals surface area contributed by atoms with Crippen LogP contribution in [0.25, 0.3) is 0 Å². The number of hydrogen-bond donors (Lipinski definition) is 0. The number of Topliss-reactive ketones (excluding diaryl/α,β-unsaturated/α-hetero) is 1. The fraction of sp³-hybridized carbons (Fsp3) is 0.636. The minimum absolute atomic E-state index is 0.154. The molecule has 0 spiro atoms. The molecular weight excluding hydrogens is 312 g/mol. The molecule has 0 saturated heterocycles. The molecule has 5 atom stereocenters. The molecule has 1 aromatic carbocycles. The molecule has 3 heteroatoms. The molecule has 0 bridgehead atoms. The number of carbonyl (C=O) groups excluding carboxylic acids is 2. The second kappa shape index (κ2) is 6.26. The van der Waals surface area contributed by atoms with E-state index in [4.69, 9.17) is 4.74 Å². The number of aldehydes is 1. The Morgan fingerprint density at radius 1 is 1.32 bits per heavy atom. The third-order valence-corrected chi connectivity index (χ3v) is 7.43. The summed E-state index contributed by atoms with van der Waals surface area (Å²) in [5, 5.41) is 0. The number of methoxy groups -OCH3 is 1. The van der Waals surface area contributed by atoms with Crippen LogP contribution in [-0.2, 0) is 16.0 Å². The maximum Gasteiger partial charge on any atom is 0.139 e. The molecule has 0 aromatic heterocycles. The highest BCUT2D eigenvalue weighted by atomic mass is 16.5. The summed E-state index contributed by atoms with van der Waals surface area (Å²) in [5.41, 5.74) is 2.75. The van der Waals surface area contributed by atoms with E-state index >= 15 is 0 Å². The predicted octanol–water partition coefficient (Wildman–Crippen LogP) is 4.33. The topological polar surface area (TPSA) is 43.4 Å². The number of hydrogen-bond acceptors (Lipinski definition) is 3. The molecule has 25 heavy (non-hydrogen) atoms. The number of fused-ring (bicyclic) bond motifs is 5. The van der Waals surface area contributed by atoms with Gasteiger partial charge in [0, 0.05) is 18.3 Å². The number of ketones is 1. The first kappa shape index (κ1) is 16.8. The zero-order valence-corrected chi connectivity index (χ0v) is 15.3. The van der Waals surface area contributed by atoms with Gasteiger partial charge in [-0.25, -0.2) is 0 Å². The van der Waals surface area contributed by atoms with Gasteiger partial charge in [-0.2, -0.15) is 0 Å². The van der Waals surface area contributed by atoms with Crippen molar-refractivity contribution < 1.29 is 14.3 Å². The summed E-state index contributed by atoms with van der Waals surface area (Å²) in [6.45, 7) is 2.21. The largest absolute Gasteiger partial charge is 0.497 e. The number of ether oxygens (including phenoxy) is 1. The fourth-order valence-electron chi connectivity index (χ4n) is 6.29. The lowest BCUT2D eigenvalue weighted by molar-refractivity contribution is -0.129. The van der Waals surface area contributed by atoms with Crippen LogP contribution in [0.15, 0.2) is 18.2 Å². The highest BCUT2D eigenvalue weighted by molar-refractivity contribution is 5.87. The Morgan fingerprint density at radius 3 is 2.92 bits per heavy atom. The van der Waals surface area contributed by atoms with Gasteiger partial charge < -0.3 is 9.53 Å². The van der Waals surface area contributed by atoms with Crippen LogP contribution in [-0.4, -0.2) is 19.2 Å². The average molecular weight is 340 g/mol. The van der Waals surface area contributed by atoms with Crippen molar-refractivity contribution in [2.45, 2.75) is 57.8 Å². The van der Waals surface area contributed by atoms with Crippen LogP contribution in [0, 0.1) is 23.2 Å². The maximum atomic E-state index is 12.8. The molecule has 0 amide bonds. The maximum absolute atomic E-state index is 12.8. The molecule has 3 aliphatic rings. The van der Waals surface area contributed by atoms with Crippen molar-refractivity contribution in [1.82, 2.24) is 0 Å². The van der Waals surface area contributed by atoms with E-state index in [1.54, 1.807) is 7.11 Å². The molecule has 1 aromatic rings. The summed E-state index contributed by atoms with van der Waals surface area (Å²) in [5.74, 6) is 3.40. The lowest BCUT2D eigenvalue weighted by Gasteiger charge is -2.50. The quantitative estimate of drug-likeness (QED) is 0.767. The highest BCUT2D eigenvalue weighted by Crippen LogP contribution is 2.62. The molecule has 3 nitrogen and oxygen atoms in total. The van der Waals surface area contributed by atoms with Crippen LogP contribution >= 0.6 is 0 Å². The van der Waals surface area contributed by atoms with Crippen LogP contribution in [0.1, 0.15) is 62.5 Å². The summed E-state index contributed by atoms with van der Waals surface area (Å²) in [6, 6.07) is 6.53. The number of rotatable bonds is 4. The molecule has 134 valence electrons. The fourth-order valence-corrected chi connectivity index (χ4v) is 6.29. The van der Waals surface area contributed by atoms with Gasteiger partial charge in [-0.15, -0.1) is 0 Å². The smallest absolute Gasteiger partial charge is 0.139 e. The molecule has 3 aliphatic carbocycles. The molecule has 2 saturated carbocycles. The summed E-state index contributed by atoms with van der Waals surface area (Å²) in [6.07, 6.45) is 7.54. The Bertz CT molecular complexity index is 695. The van der Waals surface area contributed by atoms with Crippen molar-refractivity contribution in [3.63, 3.8) is 0 Å². The van der Waals surface area contributed by atoms with Crippen molar-refractivity contribution in [2.24, 2.45) is 23.2 Å². The van der Waals surface area contributed by atoms with Crippen molar-refractivity contribution in [1.29, 1.82) is 0 Å². The molecule has 0 N–H and O–H groups in total. The standard InChI is InChI=1S/C22H28O3/c1-22-10-9-18-17-8-6-16(25-2)12-14(17)5-7-19(18)21(22)15(4-3-11-23)13-20(22)24/h6,8,11-12,15,18-19,21H,3-5,7,9-10,13H2,1-2H3/t15?,18-,19-,21+,22-/m1/s1. The van der Waals surface area contributed by atoms with Crippen LogP contribution in [0.3, 0.4) is 0 Å². The Labute approximate surface area is 150 Å². The zero-order chi connectivity index (χ0) is 17.6. The van der Waals surface area contributed by atoms with E-state index in [1.165, 1.54) is 11.1 Å². The van der Waals surface area contributed by atoms with Gasteiger partial charge in [0.1, 0.15) is 17.8 Å². The normalized spacial score (nSPS) is 36.3. The summed E-state index contributed by atoms with van der Waals surface area (Å²) in [4.78, 5) is 23.7. The van der Waals surface area contributed by atoms with Crippen LogP contribution in [0.4, 0.5) is 0 Å². The Balaban J connectivity index is 1.68. The van der Waals surface area contributed by atoms with Crippen molar-refractivity contribution in [3.05, 3.63) is 29.3 Å². The van der Waals surface area contributed by atoms with Gasteiger partial charge in [0.05, 0.1) is 7.11 Å². The molecule has 1 unspecified atom stereocenters. The van der Waals surface area contributed by atoms with E-state index in [2.05, 4.69) is 25.1 Å². The van der Waals surface area contributed by atoms with E-state index in [1.807, 2.05) is 0 Å². The van der Waals surface area contributed by atoms with E-state index in [0.29, 0.717) is 42.3 Å². The van der Waals surface area contributed by atoms with E-state index in [9.17, 15) is 9.59 Å². The molecule has 0 heterocycles. The lowest BCUT2D eigenvalue weighted by atomic mass is 9.54.